The molecule has 0 aliphatic rings. The highest BCUT2D eigenvalue weighted by molar-refractivity contribution is 6.74. The lowest BCUT2D eigenvalue weighted by Gasteiger charge is -2.39. The van der Waals surface area contributed by atoms with Crippen LogP contribution in [0.1, 0.15) is 67.7 Å². The molecule has 0 aromatic heterocycles. The van der Waals surface area contributed by atoms with Crippen LogP contribution >= 0.6 is 0 Å². The highest BCUT2D eigenvalue weighted by Crippen LogP contribution is 2.38. The van der Waals surface area contributed by atoms with Gasteiger partial charge in [-0.05, 0) is 64.2 Å². The molecule has 0 rings (SSSR count). The summed E-state index contributed by atoms with van der Waals surface area (Å²) < 4.78 is 11.9. The third-order valence-electron chi connectivity index (χ3n) is 4.62. The van der Waals surface area contributed by atoms with E-state index in [0.29, 0.717) is 6.61 Å². The van der Waals surface area contributed by atoms with Crippen molar-refractivity contribution in [1.82, 2.24) is 0 Å². The maximum Gasteiger partial charge on any atom is 0.311 e. The minimum Gasteiger partial charge on any atom is -0.465 e. The Bertz CT molecular complexity index is 460. The molecule has 0 N–H and O–H groups in total. The van der Waals surface area contributed by atoms with Gasteiger partial charge in [0.1, 0.15) is 0 Å². The molecule has 0 heterocycles. The predicted octanol–water partition coefficient (Wildman–Crippen LogP) is 5.87. The van der Waals surface area contributed by atoms with Gasteiger partial charge in [-0.1, -0.05) is 27.4 Å². The van der Waals surface area contributed by atoms with Gasteiger partial charge in [0.15, 0.2) is 8.32 Å². The normalized spacial score (nSPS) is 14.0. The molecular formula is C20H38O3Si. The second-order valence-electron chi connectivity index (χ2n) is 9.19. The Balaban J connectivity index is 4.70. The van der Waals surface area contributed by atoms with Crippen LogP contribution in [0.5, 0.6) is 0 Å². The maximum absolute atomic E-state index is 11.8. The number of carbonyl (C=O) groups is 1. The summed E-state index contributed by atoms with van der Waals surface area (Å²) in [6, 6.07) is 0. The molecule has 0 aromatic carbocycles. The summed E-state index contributed by atoms with van der Waals surface area (Å²) in [6.45, 7) is 23.1. The monoisotopic (exact) mass is 354 g/mol. The zero-order valence-corrected chi connectivity index (χ0v) is 18.3. The molecule has 0 spiro atoms. The number of rotatable bonds is 8. The Labute approximate surface area is 150 Å². The SMILES string of the molecule is C=C=C(C)CC(CCCOC(=O)C(C)(C)C)O[Si](C)(C)C(C)(C)C. The molecule has 0 saturated carbocycles. The number of hydrogen-bond donors (Lipinski definition) is 0. The molecule has 0 aliphatic heterocycles. The Morgan fingerprint density at radius 1 is 1.17 bits per heavy atom. The van der Waals surface area contributed by atoms with Gasteiger partial charge < -0.3 is 9.16 Å². The van der Waals surface area contributed by atoms with Gasteiger partial charge in [-0.25, -0.2) is 0 Å². The van der Waals surface area contributed by atoms with Crippen molar-refractivity contribution < 1.29 is 14.0 Å². The number of carbonyl (C=O) groups excluding carboxylic acids is 1. The largest absolute Gasteiger partial charge is 0.465 e. The van der Waals surface area contributed by atoms with Crippen LogP contribution in [0, 0.1) is 5.41 Å². The zero-order chi connectivity index (χ0) is 19.2. The van der Waals surface area contributed by atoms with E-state index in [9.17, 15) is 4.79 Å². The predicted molar refractivity (Wildman–Crippen MR) is 105 cm³/mol. The molecule has 0 bridgehead atoms. The first-order valence-corrected chi connectivity index (χ1v) is 11.8. The van der Waals surface area contributed by atoms with E-state index in [1.807, 2.05) is 27.7 Å². The van der Waals surface area contributed by atoms with E-state index in [-0.39, 0.29) is 17.1 Å². The van der Waals surface area contributed by atoms with Gasteiger partial charge >= 0.3 is 5.97 Å². The lowest BCUT2D eigenvalue weighted by Crippen LogP contribution is -2.44. The van der Waals surface area contributed by atoms with Crippen LogP contribution in [0.3, 0.4) is 0 Å². The van der Waals surface area contributed by atoms with Crippen molar-refractivity contribution in [2.24, 2.45) is 5.41 Å². The number of esters is 1. The molecule has 0 aromatic rings. The van der Waals surface area contributed by atoms with E-state index in [1.165, 1.54) is 0 Å². The van der Waals surface area contributed by atoms with Crippen molar-refractivity contribution in [1.29, 1.82) is 0 Å². The fourth-order valence-electron chi connectivity index (χ4n) is 1.90. The topological polar surface area (TPSA) is 35.5 Å². The molecule has 1 unspecified atom stereocenters. The fourth-order valence-corrected chi connectivity index (χ4v) is 3.29. The van der Waals surface area contributed by atoms with Gasteiger partial charge in [0, 0.05) is 12.5 Å². The van der Waals surface area contributed by atoms with Crippen molar-refractivity contribution in [3.05, 3.63) is 17.9 Å². The van der Waals surface area contributed by atoms with Gasteiger partial charge in [0.2, 0.25) is 0 Å². The molecular weight excluding hydrogens is 316 g/mol. The van der Waals surface area contributed by atoms with E-state index in [1.54, 1.807) is 0 Å². The van der Waals surface area contributed by atoms with E-state index in [2.05, 4.69) is 46.2 Å². The van der Waals surface area contributed by atoms with E-state index in [0.717, 1.165) is 24.8 Å². The van der Waals surface area contributed by atoms with Gasteiger partial charge in [-0.15, -0.1) is 5.73 Å². The van der Waals surface area contributed by atoms with Gasteiger partial charge in [-0.3, -0.25) is 4.79 Å². The van der Waals surface area contributed by atoms with E-state index in [4.69, 9.17) is 9.16 Å². The first-order chi connectivity index (χ1) is 10.7. The Morgan fingerprint density at radius 3 is 2.12 bits per heavy atom. The van der Waals surface area contributed by atoms with Crippen LogP contribution in [0.15, 0.2) is 17.9 Å². The quantitative estimate of drug-likeness (QED) is 0.237. The van der Waals surface area contributed by atoms with E-state index < -0.39 is 13.7 Å². The third-order valence-corrected chi connectivity index (χ3v) is 9.15. The van der Waals surface area contributed by atoms with Crippen LogP contribution < -0.4 is 0 Å². The molecule has 140 valence electrons. The average Bonchev–Trinajstić information content (AvgIpc) is 2.40. The third kappa shape index (κ3) is 8.32. The van der Waals surface area contributed by atoms with Gasteiger partial charge in [-0.2, -0.15) is 0 Å². The lowest BCUT2D eigenvalue weighted by atomic mass is 9.97. The summed E-state index contributed by atoms with van der Waals surface area (Å²) in [4.78, 5) is 11.8. The molecule has 3 nitrogen and oxygen atoms in total. The summed E-state index contributed by atoms with van der Waals surface area (Å²) in [6.07, 6.45) is 2.66. The van der Waals surface area contributed by atoms with Crippen LogP contribution in [0.2, 0.25) is 18.1 Å². The second-order valence-corrected chi connectivity index (χ2v) is 13.9. The van der Waals surface area contributed by atoms with Crippen LogP contribution in [0.25, 0.3) is 0 Å². The summed E-state index contributed by atoms with van der Waals surface area (Å²) in [7, 11) is -1.83. The number of ether oxygens (including phenoxy) is 1. The molecule has 0 amide bonds. The van der Waals surface area contributed by atoms with Crippen molar-refractivity contribution >= 4 is 14.3 Å². The Morgan fingerprint density at radius 2 is 1.71 bits per heavy atom. The van der Waals surface area contributed by atoms with Crippen LogP contribution in [-0.4, -0.2) is 27.0 Å². The molecule has 0 saturated heterocycles. The first kappa shape index (κ1) is 23.2. The van der Waals surface area contributed by atoms with Crippen molar-refractivity contribution in [3.63, 3.8) is 0 Å². The highest BCUT2D eigenvalue weighted by atomic mass is 28.4. The molecule has 24 heavy (non-hydrogen) atoms. The minimum atomic E-state index is -1.83. The lowest BCUT2D eigenvalue weighted by molar-refractivity contribution is -0.153. The molecule has 1 atom stereocenters. The fraction of sp³-hybridized carbons (Fsp3) is 0.800. The molecule has 0 aliphatic carbocycles. The Hall–Kier alpha value is -0.833. The summed E-state index contributed by atoms with van der Waals surface area (Å²) in [5, 5.41) is 0.176. The van der Waals surface area contributed by atoms with Crippen LogP contribution in [-0.2, 0) is 14.0 Å². The van der Waals surface area contributed by atoms with Crippen molar-refractivity contribution in [2.75, 3.05) is 6.61 Å². The zero-order valence-electron chi connectivity index (χ0n) is 17.3. The summed E-state index contributed by atoms with van der Waals surface area (Å²) in [5.74, 6) is -0.147. The molecule has 0 radical (unpaired) electrons. The molecule has 0 fully saturated rings. The standard InChI is InChI=1S/C20H38O3Si/c1-11-16(2)15-17(23-24(9,10)20(6,7)8)13-12-14-22-18(21)19(3,4)5/h17H,1,12-15H2,2-10H3. The first-order valence-electron chi connectivity index (χ1n) is 8.91. The van der Waals surface area contributed by atoms with Gasteiger partial charge in [0.25, 0.3) is 0 Å². The average molecular weight is 355 g/mol. The molecule has 4 heteroatoms. The van der Waals surface area contributed by atoms with Gasteiger partial charge in [0.05, 0.1) is 12.0 Å². The maximum atomic E-state index is 11.8. The van der Waals surface area contributed by atoms with Crippen molar-refractivity contribution in [3.8, 4) is 0 Å². The number of hydrogen-bond acceptors (Lipinski definition) is 3. The second kappa shape index (κ2) is 9.03. The van der Waals surface area contributed by atoms with Crippen molar-refractivity contribution in [2.45, 2.75) is 92.0 Å². The summed E-state index contributed by atoms with van der Waals surface area (Å²) >= 11 is 0. The van der Waals surface area contributed by atoms with E-state index >= 15 is 0 Å². The minimum absolute atomic E-state index is 0.133. The summed E-state index contributed by atoms with van der Waals surface area (Å²) in [5.41, 5.74) is 3.64. The van der Waals surface area contributed by atoms with Crippen LogP contribution in [0.4, 0.5) is 0 Å². The Kier molecular flexibility index (Phi) is 8.71. The smallest absolute Gasteiger partial charge is 0.311 e. The highest BCUT2D eigenvalue weighted by Gasteiger charge is 2.39.